The van der Waals surface area contributed by atoms with Crippen LogP contribution in [0.4, 0.5) is 10.1 Å². The number of hydrogen-bond donors (Lipinski definition) is 1. The first-order chi connectivity index (χ1) is 11.8. The summed E-state index contributed by atoms with van der Waals surface area (Å²) in [7, 11) is 0. The van der Waals surface area contributed by atoms with Crippen molar-refractivity contribution in [2.45, 2.75) is 13.0 Å². The van der Waals surface area contributed by atoms with Crippen molar-refractivity contribution in [3.05, 3.63) is 58.3 Å². The van der Waals surface area contributed by atoms with E-state index < -0.39 is 23.8 Å². The van der Waals surface area contributed by atoms with Gasteiger partial charge in [-0.3, -0.25) is 4.79 Å². The maximum Gasteiger partial charge on any atom is 0.344 e. The van der Waals surface area contributed by atoms with Gasteiger partial charge in [-0.15, -0.1) is 0 Å². The number of nitrogens with one attached hydrogen (secondary N) is 1. The molecule has 0 aliphatic carbocycles. The highest BCUT2D eigenvalue weighted by molar-refractivity contribution is 6.33. The average molecular weight is 386 g/mol. The number of benzene rings is 2. The topological polar surface area (TPSA) is 64.6 Å². The summed E-state index contributed by atoms with van der Waals surface area (Å²) in [5, 5.41) is 2.96. The van der Waals surface area contributed by atoms with E-state index in [0.717, 1.165) is 12.1 Å². The van der Waals surface area contributed by atoms with Gasteiger partial charge in [0.05, 0.1) is 10.7 Å². The number of ether oxygens (including phenoxy) is 2. The average Bonchev–Trinajstić information content (AvgIpc) is 2.55. The molecule has 1 N–H and O–H groups in total. The van der Waals surface area contributed by atoms with E-state index in [1.54, 1.807) is 24.3 Å². The third-order valence-corrected chi connectivity index (χ3v) is 3.57. The third-order valence-electron chi connectivity index (χ3n) is 3.02. The molecule has 1 unspecified atom stereocenters. The van der Waals surface area contributed by atoms with Gasteiger partial charge in [0.25, 0.3) is 5.91 Å². The molecule has 0 aliphatic heterocycles. The fourth-order valence-corrected chi connectivity index (χ4v) is 2.20. The van der Waals surface area contributed by atoms with Gasteiger partial charge in [-0.25, -0.2) is 9.18 Å². The van der Waals surface area contributed by atoms with Crippen LogP contribution in [0.1, 0.15) is 6.92 Å². The fraction of sp³-hybridized carbons (Fsp3) is 0.176. The molecule has 25 heavy (non-hydrogen) atoms. The van der Waals surface area contributed by atoms with Gasteiger partial charge in [0.2, 0.25) is 0 Å². The van der Waals surface area contributed by atoms with Crippen LogP contribution in [0.3, 0.4) is 0 Å². The lowest BCUT2D eigenvalue weighted by Gasteiger charge is -2.14. The Bertz CT molecular complexity index is 785. The Morgan fingerprint density at radius 1 is 1.20 bits per heavy atom. The summed E-state index contributed by atoms with van der Waals surface area (Å²) in [4.78, 5) is 23.7. The Balaban J connectivity index is 1.84. The normalized spacial score (nSPS) is 11.5. The lowest BCUT2D eigenvalue weighted by atomic mass is 10.3. The van der Waals surface area contributed by atoms with Crippen LogP contribution in [0.5, 0.6) is 5.75 Å². The lowest BCUT2D eigenvalue weighted by molar-refractivity contribution is -0.155. The number of esters is 1. The van der Waals surface area contributed by atoms with Gasteiger partial charge < -0.3 is 14.8 Å². The molecular weight excluding hydrogens is 372 g/mol. The van der Waals surface area contributed by atoms with Gasteiger partial charge in [-0.05, 0) is 43.3 Å². The molecule has 132 valence electrons. The second-order valence-corrected chi connectivity index (χ2v) is 5.84. The van der Waals surface area contributed by atoms with Crippen LogP contribution in [0.2, 0.25) is 10.0 Å². The molecule has 2 aromatic carbocycles. The van der Waals surface area contributed by atoms with Gasteiger partial charge in [-0.2, -0.15) is 0 Å². The van der Waals surface area contributed by atoms with Gasteiger partial charge in [0.1, 0.15) is 11.6 Å². The molecule has 0 heterocycles. The van der Waals surface area contributed by atoms with Crippen molar-refractivity contribution in [3.63, 3.8) is 0 Å². The van der Waals surface area contributed by atoms with Crippen molar-refractivity contribution >= 4 is 40.8 Å². The Labute approximate surface area is 153 Å². The van der Waals surface area contributed by atoms with Crippen LogP contribution < -0.4 is 10.1 Å². The standard InChI is InChI=1S/C17H14Cl2FNO4/c1-10(17(23)21-15-6-5-12(20)8-14(15)19)25-16(22)9-24-13-4-2-3-11(18)7-13/h2-8,10H,9H2,1H3,(H,21,23). The number of carbonyl (C=O) groups is 2. The lowest BCUT2D eigenvalue weighted by Crippen LogP contribution is -2.31. The van der Waals surface area contributed by atoms with E-state index in [2.05, 4.69) is 5.32 Å². The molecule has 1 atom stereocenters. The number of amides is 1. The first-order valence-electron chi connectivity index (χ1n) is 7.19. The zero-order valence-electron chi connectivity index (χ0n) is 13.1. The maximum atomic E-state index is 13.0. The number of anilines is 1. The minimum absolute atomic E-state index is 0.0381. The van der Waals surface area contributed by atoms with E-state index in [4.69, 9.17) is 32.7 Å². The van der Waals surface area contributed by atoms with Gasteiger partial charge in [0.15, 0.2) is 12.7 Å². The molecule has 1 amide bonds. The molecule has 0 aliphatic rings. The van der Waals surface area contributed by atoms with Crippen molar-refractivity contribution in [2.75, 3.05) is 11.9 Å². The van der Waals surface area contributed by atoms with Crippen LogP contribution in [0.25, 0.3) is 0 Å². The molecule has 0 bridgehead atoms. The van der Waals surface area contributed by atoms with Gasteiger partial charge in [0, 0.05) is 5.02 Å². The molecule has 2 aromatic rings. The second-order valence-electron chi connectivity index (χ2n) is 4.99. The summed E-state index contributed by atoms with van der Waals surface area (Å²) < 4.78 is 23.2. The minimum atomic E-state index is -1.09. The molecule has 0 aromatic heterocycles. The van der Waals surface area contributed by atoms with Crippen LogP contribution in [-0.4, -0.2) is 24.6 Å². The Kier molecular flexibility index (Phi) is 6.61. The third kappa shape index (κ3) is 5.92. The largest absolute Gasteiger partial charge is 0.482 e. The highest BCUT2D eigenvalue weighted by Gasteiger charge is 2.19. The smallest absolute Gasteiger partial charge is 0.344 e. The monoisotopic (exact) mass is 385 g/mol. The van der Waals surface area contributed by atoms with E-state index in [9.17, 15) is 14.0 Å². The van der Waals surface area contributed by atoms with E-state index in [1.165, 1.54) is 13.0 Å². The van der Waals surface area contributed by atoms with Crippen LogP contribution in [-0.2, 0) is 14.3 Å². The van der Waals surface area contributed by atoms with E-state index in [0.29, 0.717) is 10.8 Å². The molecular formula is C17H14Cl2FNO4. The van der Waals surface area contributed by atoms with Crippen molar-refractivity contribution in [1.29, 1.82) is 0 Å². The quantitative estimate of drug-likeness (QED) is 0.760. The summed E-state index contributed by atoms with van der Waals surface area (Å²) in [5.74, 6) is -1.46. The molecule has 0 fully saturated rings. The van der Waals surface area contributed by atoms with Crippen molar-refractivity contribution in [2.24, 2.45) is 0 Å². The first-order valence-corrected chi connectivity index (χ1v) is 7.94. The fourth-order valence-electron chi connectivity index (χ4n) is 1.81. The number of hydrogen-bond acceptors (Lipinski definition) is 4. The molecule has 2 rings (SSSR count). The highest BCUT2D eigenvalue weighted by Crippen LogP contribution is 2.22. The molecule has 0 radical (unpaired) electrons. The maximum absolute atomic E-state index is 13.0. The number of halogens is 3. The van der Waals surface area contributed by atoms with E-state index in [1.807, 2.05) is 0 Å². The molecule has 8 heteroatoms. The number of carbonyl (C=O) groups excluding carboxylic acids is 2. The zero-order valence-corrected chi connectivity index (χ0v) is 14.6. The summed E-state index contributed by atoms with van der Waals surface area (Å²) >= 11 is 11.6. The first kappa shape index (κ1) is 19.0. The van der Waals surface area contributed by atoms with Crippen LogP contribution >= 0.6 is 23.2 Å². The zero-order chi connectivity index (χ0) is 18.4. The predicted octanol–water partition coefficient (Wildman–Crippen LogP) is 4.08. The van der Waals surface area contributed by atoms with Gasteiger partial charge in [-0.1, -0.05) is 29.3 Å². The highest BCUT2D eigenvalue weighted by atomic mass is 35.5. The molecule has 5 nitrogen and oxygen atoms in total. The van der Waals surface area contributed by atoms with E-state index in [-0.39, 0.29) is 17.3 Å². The summed E-state index contributed by atoms with van der Waals surface area (Å²) in [6.45, 7) is 1.01. The van der Waals surface area contributed by atoms with Crippen molar-refractivity contribution < 1.29 is 23.5 Å². The van der Waals surface area contributed by atoms with E-state index >= 15 is 0 Å². The molecule has 0 saturated heterocycles. The minimum Gasteiger partial charge on any atom is -0.482 e. The molecule has 0 saturated carbocycles. The van der Waals surface area contributed by atoms with Crippen LogP contribution in [0.15, 0.2) is 42.5 Å². The Morgan fingerprint density at radius 3 is 2.64 bits per heavy atom. The second kappa shape index (κ2) is 8.69. The van der Waals surface area contributed by atoms with Gasteiger partial charge >= 0.3 is 5.97 Å². The van der Waals surface area contributed by atoms with Crippen molar-refractivity contribution in [1.82, 2.24) is 0 Å². The molecule has 0 spiro atoms. The number of rotatable bonds is 6. The summed E-state index contributed by atoms with van der Waals surface area (Å²) in [5.41, 5.74) is 0.214. The Hall–Kier alpha value is -2.31. The SMILES string of the molecule is CC(OC(=O)COc1cccc(Cl)c1)C(=O)Nc1ccc(F)cc1Cl. The Morgan fingerprint density at radius 2 is 1.96 bits per heavy atom. The van der Waals surface area contributed by atoms with Crippen molar-refractivity contribution in [3.8, 4) is 5.75 Å². The summed E-state index contributed by atoms with van der Waals surface area (Å²) in [6, 6.07) is 10.0. The van der Waals surface area contributed by atoms with Crippen LogP contribution in [0, 0.1) is 5.82 Å². The summed E-state index contributed by atoms with van der Waals surface area (Å²) in [6.07, 6.45) is -1.09. The predicted molar refractivity (Wildman–Crippen MR) is 92.5 cm³/mol.